The van der Waals surface area contributed by atoms with E-state index in [9.17, 15) is 14.4 Å². The number of ether oxygens (including phenoxy) is 1. The molecule has 1 aromatic heterocycles. The molecular formula is C23H23N3O5. The van der Waals surface area contributed by atoms with Crippen molar-refractivity contribution in [2.24, 2.45) is 0 Å². The molecule has 8 heteroatoms. The standard InChI is InChI=1S/C23H23N3O5/c27-19(16-26-23(29)31-21(24-26)18-12-6-2-7-13-18)30-20(17-10-4-1-5-11-17)22(28)25-14-8-3-9-15-25/h1-2,4-7,10-13,20H,3,8-9,14-16H2/t20-/m1/s1. The average Bonchev–Trinajstić information content (AvgIpc) is 3.19. The summed E-state index contributed by atoms with van der Waals surface area (Å²) in [6.07, 6.45) is 1.87. The van der Waals surface area contributed by atoms with Gasteiger partial charge in [0.05, 0.1) is 0 Å². The van der Waals surface area contributed by atoms with Crippen LogP contribution in [0, 0.1) is 0 Å². The number of esters is 1. The van der Waals surface area contributed by atoms with E-state index in [0.29, 0.717) is 24.2 Å². The van der Waals surface area contributed by atoms with Crippen LogP contribution in [0.15, 0.2) is 69.9 Å². The molecule has 0 spiro atoms. The zero-order chi connectivity index (χ0) is 21.6. The summed E-state index contributed by atoms with van der Waals surface area (Å²) in [5, 5.41) is 4.08. The van der Waals surface area contributed by atoms with E-state index in [1.807, 2.05) is 12.1 Å². The molecule has 0 radical (unpaired) electrons. The molecule has 1 amide bonds. The molecule has 1 saturated heterocycles. The summed E-state index contributed by atoms with van der Waals surface area (Å²) in [5.41, 5.74) is 1.21. The Hall–Kier alpha value is -3.68. The predicted octanol–water partition coefficient (Wildman–Crippen LogP) is 2.80. The summed E-state index contributed by atoms with van der Waals surface area (Å²) < 4.78 is 11.6. The van der Waals surface area contributed by atoms with Gasteiger partial charge in [0.15, 0.2) is 0 Å². The molecule has 0 saturated carbocycles. The number of carbonyl (C=O) groups excluding carboxylic acids is 2. The highest BCUT2D eigenvalue weighted by atomic mass is 16.5. The van der Waals surface area contributed by atoms with E-state index in [2.05, 4.69) is 5.10 Å². The maximum absolute atomic E-state index is 13.1. The molecule has 1 aliphatic heterocycles. The SMILES string of the molecule is O=C(Cn1nc(-c2ccccc2)oc1=O)O[C@@H](C(=O)N1CCCCC1)c1ccccc1. The zero-order valence-electron chi connectivity index (χ0n) is 17.0. The highest BCUT2D eigenvalue weighted by molar-refractivity contribution is 5.85. The molecule has 3 aromatic rings. The zero-order valence-corrected chi connectivity index (χ0v) is 17.0. The smallest absolute Gasteiger partial charge is 0.437 e. The van der Waals surface area contributed by atoms with Crippen molar-refractivity contribution in [1.82, 2.24) is 14.7 Å². The Morgan fingerprint density at radius 1 is 0.968 bits per heavy atom. The van der Waals surface area contributed by atoms with Gasteiger partial charge in [0.2, 0.25) is 12.0 Å². The van der Waals surface area contributed by atoms with Crippen molar-refractivity contribution in [3.8, 4) is 11.5 Å². The van der Waals surface area contributed by atoms with E-state index in [-0.39, 0.29) is 11.8 Å². The molecule has 160 valence electrons. The molecule has 8 nitrogen and oxygen atoms in total. The molecule has 4 rings (SSSR count). The molecule has 0 unspecified atom stereocenters. The van der Waals surface area contributed by atoms with Gasteiger partial charge >= 0.3 is 11.7 Å². The Bertz CT molecular complexity index is 1090. The van der Waals surface area contributed by atoms with E-state index < -0.39 is 24.4 Å². The van der Waals surface area contributed by atoms with Crippen LogP contribution in [0.2, 0.25) is 0 Å². The highest BCUT2D eigenvalue weighted by Crippen LogP contribution is 2.23. The minimum Gasteiger partial charge on any atom is -0.446 e. The van der Waals surface area contributed by atoms with Crippen molar-refractivity contribution in [2.45, 2.75) is 31.9 Å². The maximum Gasteiger partial charge on any atom is 0.437 e. The number of piperidine rings is 1. The first-order valence-corrected chi connectivity index (χ1v) is 10.3. The van der Waals surface area contributed by atoms with Crippen LogP contribution in [0.25, 0.3) is 11.5 Å². The molecule has 2 heterocycles. The molecule has 1 aliphatic rings. The topological polar surface area (TPSA) is 94.6 Å². The Morgan fingerprint density at radius 3 is 2.29 bits per heavy atom. The Balaban J connectivity index is 1.51. The first-order valence-electron chi connectivity index (χ1n) is 10.3. The van der Waals surface area contributed by atoms with Crippen LogP contribution in [0.4, 0.5) is 0 Å². The van der Waals surface area contributed by atoms with Crippen molar-refractivity contribution in [3.05, 3.63) is 76.8 Å². The van der Waals surface area contributed by atoms with Gasteiger partial charge in [0.25, 0.3) is 5.91 Å². The lowest BCUT2D eigenvalue weighted by atomic mass is 10.1. The number of carbonyl (C=O) groups is 2. The van der Waals surface area contributed by atoms with E-state index in [4.69, 9.17) is 9.15 Å². The summed E-state index contributed by atoms with van der Waals surface area (Å²) in [4.78, 5) is 39.6. The van der Waals surface area contributed by atoms with Crippen LogP contribution in [-0.4, -0.2) is 39.6 Å². The van der Waals surface area contributed by atoms with Gasteiger partial charge in [-0.1, -0.05) is 48.5 Å². The van der Waals surface area contributed by atoms with Crippen LogP contribution >= 0.6 is 0 Å². The average molecular weight is 421 g/mol. The predicted molar refractivity (Wildman–Crippen MR) is 112 cm³/mol. The van der Waals surface area contributed by atoms with Crippen molar-refractivity contribution in [3.63, 3.8) is 0 Å². The van der Waals surface area contributed by atoms with Crippen molar-refractivity contribution >= 4 is 11.9 Å². The van der Waals surface area contributed by atoms with Crippen LogP contribution in [0.1, 0.15) is 30.9 Å². The fourth-order valence-electron chi connectivity index (χ4n) is 3.56. The van der Waals surface area contributed by atoms with Crippen LogP contribution in [-0.2, 0) is 20.9 Å². The second-order valence-electron chi connectivity index (χ2n) is 7.36. The lowest BCUT2D eigenvalue weighted by molar-refractivity contribution is -0.162. The molecule has 1 atom stereocenters. The summed E-state index contributed by atoms with van der Waals surface area (Å²) >= 11 is 0. The molecule has 1 fully saturated rings. The number of benzene rings is 2. The van der Waals surface area contributed by atoms with Gasteiger partial charge in [-0.15, -0.1) is 5.10 Å². The second kappa shape index (κ2) is 9.42. The largest absolute Gasteiger partial charge is 0.446 e. The number of rotatable bonds is 6. The Morgan fingerprint density at radius 2 is 1.61 bits per heavy atom. The molecular weight excluding hydrogens is 398 g/mol. The van der Waals surface area contributed by atoms with Gasteiger partial charge in [0.1, 0.15) is 6.54 Å². The lowest BCUT2D eigenvalue weighted by Crippen LogP contribution is -2.40. The monoisotopic (exact) mass is 421 g/mol. The van der Waals surface area contributed by atoms with Gasteiger partial charge in [-0.05, 0) is 31.4 Å². The molecule has 2 aromatic carbocycles. The maximum atomic E-state index is 13.1. The first-order chi connectivity index (χ1) is 15.1. The van der Waals surface area contributed by atoms with Crippen LogP contribution in [0.3, 0.4) is 0 Å². The minimum absolute atomic E-state index is 0.113. The fourth-order valence-corrected chi connectivity index (χ4v) is 3.56. The Kier molecular flexibility index (Phi) is 6.26. The van der Waals surface area contributed by atoms with Crippen molar-refractivity contribution in [2.75, 3.05) is 13.1 Å². The molecule has 31 heavy (non-hydrogen) atoms. The third kappa shape index (κ3) is 4.91. The highest BCUT2D eigenvalue weighted by Gasteiger charge is 2.30. The number of hydrogen-bond donors (Lipinski definition) is 0. The third-order valence-electron chi connectivity index (χ3n) is 5.15. The number of hydrogen-bond acceptors (Lipinski definition) is 6. The summed E-state index contributed by atoms with van der Waals surface area (Å²) in [7, 11) is 0. The normalized spacial score (nSPS) is 14.8. The van der Waals surface area contributed by atoms with E-state index in [0.717, 1.165) is 23.9 Å². The van der Waals surface area contributed by atoms with Crippen LogP contribution < -0.4 is 5.76 Å². The van der Waals surface area contributed by atoms with Gasteiger partial charge in [-0.2, -0.15) is 4.68 Å². The first kappa shape index (κ1) is 20.6. The molecule has 0 bridgehead atoms. The van der Waals surface area contributed by atoms with Crippen LogP contribution in [0.5, 0.6) is 0 Å². The summed E-state index contributed by atoms with van der Waals surface area (Å²) in [5.74, 6) is -1.65. The van der Waals surface area contributed by atoms with E-state index >= 15 is 0 Å². The quantitative estimate of drug-likeness (QED) is 0.568. The minimum atomic E-state index is -1.07. The van der Waals surface area contributed by atoms with Gasteiger partial charge < -0.3 is 14.1 Å². The molecule has 0 aliphatic carbocycles. The van der Waals surface area contributed by atoms with Gasteiger partial charge in [0, 0.05) is 24.2 Å². The number of amides is 1. The lowest BCUT2D eigenvalue weighted by Gasteiger charge is -2.30. The van der Waals surface area contributed by atoms with Gasteiger partial charge in [-0.25, -0.2) is 4.79 Å². The Labute approximate surface area is 179 Å². The van der Waals surface area contributed by atoms with E-state index in [1.54, 1.807) is 53.4 Å². The van der Waals surface area contributed by atoms with Gasteiger partial charge in [-0.3, -0.25) is 9.59 Å². The number of aromatic nitrogens is 2. The second-order valence-corrected chi connectivity index (χ2v) is 7.36. The summed E-state index contributed by atoms with van der Waals surface area (Å²) in [6, 6.07) is 17.8. The number of nitrogens with zero attached hydrogens (tertiary/aromatic N) is 3. The number of likely N-dealkylation sites (tertiary alicyclic amines) is 1. The summed E-state index contributed by atoms with van der Waals surface area (Å²) in [6.45, 7) is 0.831. The van der Waals surface area contributed by atoms with E-state index in [1.165, 1.54) is 0 Å². The third-order valence-corrected chi connectivity index (χ3v) is 5.15. The van der Waals surface area contributed by atoms with Crippen molar-refractivity contribution in [1.29, 1.82) is 0 Å². The van der Waals surface area contributed by atoms with Crippen molar-refractivity contribution < 1.29 is 18.7 Å². The molecule has 0 N–H and O–H groups in total. The fraction of sp³-hybridized carbons (Fsp3) is 0.304.